The Balaban J connectivity index is 2.06. The Morgan fingerprint density at radius 1 is 1.30 bits per heavy atom. The van der Waals surface area contributed by atoms with E-state index in [0.29, 0.717) is 12.2 Å². The fraction of sp³-hybridized carbons (Fsp3) is 0.385. The lowest BCUT2D eigenvalue weighted by atomic mass is 10.2. The van der Waals surface area contributed by atoms with Gasteiger partial charge in [-0.1, -0.05) is 12.1 Å². The molecule has 1 heterocycles. The van der Waals surface area contributed by atoms with E-state index in [0.717, 1.165) is 18.6 Å². The number of nitrogens with zero attached hydrogens (tertiary/aromatic N) is 2. The molecule has 0 unspecified atom stereocenters. The van der Waals surface area contributed by atoms with Crippen LogP contribution in [0.4, 0.5) is 8.78 Å². The second-order valence-corrected chi connectivity index (χ2v) is 4.19. The zero-order valence-corrected chi connectivity index (χ0v) is 10.9. The summed E-state index contributed by atoms with van der Waals surface area (Å²) < 4.78 is 37.1. The molecule has 0 aliphatic rings. The molecule has 0 radical (unpaired) electrons. The van der Waals surface area contributed by atoms with Crippen LogP contribution in [0.15, 0.2) is 16.7 Å². The second-order valence-electron chi connectivity index (χ2n) is 4.19. The first kappa shape index (κ1) is 14.4. The van der Waals surface area contributed by atoms with Crippen molar-refractivity contribution in [2.45, 2.75) is 33.0 Å². The van der Waals surface area contributed by atoms with E-state index in [1.165, 1.54) is 0 Å². The molecule has 2 aromatic rings. The monoisotopic (exact) mass is 284 g/mol. The molecule has 0 aliphatic heterocycles. The number of halogens is 2. The SMILES string of the molecule is CCCc1noc(COc2c(F)cc(CO)cc2F)n1. The molecule has 20 heavy (non-hydrogen) atoms. The Kier molecular flexibility index (Phi) is 4.62. The first-order valence-corrected chi connectivity index (χ1v) is 6.17. The lowest BCUT2D eigenvalue weighted by molar-refractivity contribution is 0.223. The smallest absolute Gasteiger partial charge is 0.264 e. The third-order valence-electron chi connectivity index (χ3n) is 2.56. The summed E-state index contributed by atoms with van der Waals surface area (Å²) in [5.41, 5.74) is 0.135. The summed E-state index contributed by atoms with van der Waals surface area (Å²) in [6.07, 6.45) is 1.53. The van der Waals surface area contributed by atoms with Crippen molar-refractivity contribution in [1.82, 2.24) is 10.1 Å². The molecule has 0 bridgehead atoms. The molecule has 1 aromatic heterocycles. The first-order chi connectivity index (χ1) is 9.63. The molecule has 1 aromatic carbocycles. The molecule has 0 amide bonds. The van der Waals surface area contributed by atoms with E-state index in [-0.39, 0.29) is 18.1 Å². The summed E-state index contributed by atoms with van der Waals surface area (Å²) in [5, 5.41) is 12.5. The van der Waals surface area contributed by atoms with Gasteiger partial charge in [0.25, 0.3) is 5.89 Å². The topological polar surface area (TPSA) is 68.4 Å². The summed E-state index contributed by atoms with van der Waals surface area (Å²) in [4.78, 5) is 4.02. The summed E-state index contributed by atoms with van der Waals surface area (Å²) in [5.74, 6) is -1.62. The average molecular weight is 284 g/mol. The van der Waals surface area contributed by atoms with Gasteiger partial charge in [0.2, 0.25) is 0 Å². The third kappa shape index (κ3) is 3.30. The van der Waals surface area contributed by atoms with E-state index >= 15 is 0 Å². The van der Waals surface area contributed by atoms with Crippen LogP contribution in [0.3, 0.4) is 0 Å². The van der Waals surface area contributed by atoms with E-state index in [1.54, 1.807) is 0 Å². The fourth-order valence-corrected chi connectivity index (χ4v) is 1.65. The first-order valence-electron chi connectivity index (χ1n) is 6.17. The minimum atomic E-state index is -0.887. The quantitative estimate of drug-likeness (QED) is 0.882. The predicted octanol–water partition coefficient (Wildman–Crippen LogP) is 2.37. The van der Waals surface area contributed by atoms with Crippen LogP contribution in [0.25, 0.3) is 0 Å². The summed E-state index contributed by atoms with van der Waals surface area (Å²) in [7, 11) is 0. The second kappa shape index (κ2) is 6.42. The number of benzene rings is 1. The van der Waals surface area contributed by atoms with Crippen molar-refractivity contribution in [3.05, 3.63) is 41.0 Å². The van der Waals surface area contributed by atoms with E-state index in [4.69, 9.17) is 14.4 Å². The van der Waals surface area contributed by atoms with Crippen LogP contribution in [-0.4, -0.2) is 15.2 Å². The van der Waals surface area contributed by atoms with E-state index in [1.807, 2.05) is 6.92 Å². The van der Waals surface area contributed by atoms with Crippen LogP contribution in [0.1, 0.15) is 30.6 Å². The van der Waals surface area contributed by atoms with Crippen LogP contribution in [0.2, 0.25) is 0 Å². The van der Waals surface area contributed by atoms with Crippen molar-refractivity contribution in [3.63, 3.8) is 0 Å². The van der Waals surface area contributed by atoms with Gasteiger partial charge in [-0.25, -0.2) is 8.78 Å². The van der Waals surface area contributed by atoms with Gasteiger partial charge in [0.05, 0.1) is 6.61 Å². The number of ether oxygens (including phenoxy) is 1. The molecule has 0 fully saturated rings. The third-order valence-corrected chi connectivity index (χ3v) is 2.56. The molecule has 7 heteroatoms. The normalized spacial score (nSPS) is 10.8. The van der Waals surface area contributed by atoms with Crippen LogP contribution >= 0.6 is 0 Å². The molecular formula is C13H14F2N2O3. The van der Waals surface area contributed by atoms with Crippen LogP contribution in [0.5, 0.6) is 5.75 Å². The predicted molar refractivity (Wildman–Crippen MR) is 64.9 cm³/mol. The van der Waals surface area contributed by atoms with Crippen molar-refractivity contribution >= 4 is 0 Å². The highest BCUT2D eigenvalue weighted by atomic mass is 19.1. The molecule has 1 N–H and O–H groups in total. The van der Waals surface area contributed by atoms with Gasteiger partial charge < -0.3 is 14.4 Å². The van der Waals surface area contributed by atoms with Crippen LogP contribution < -0.4 is 4.74 Å². The highest BCUT2D eigenvalue weighted by molar-refractivity contribution is 5.31. The molecule has 5 nitrogen and oxygen atoms in total. The number of aliphatic hydroxyl groups is 1. The lowest BCUT2D eigenvalue weighted by Gasteiger charge is -2.07. The number of aliphatic hydroxyl groups excluding tert-OH is 1. The summed E-state index contributed by atoms with van der Waals surface area (Å²) in [6, 6.07) is 2.02. The van der Waals surface area contributed by atoms with E-state index in [9.17, 15) is 8.78 Å². The zero-order valence-electron chi connectivity index (χ0n) is 10.9. The number of rotatable bonds is 6. The fourth-order valence-electron chi connectivity index (χ4n) is 1.65. The van der Waals surface area contributed by atoms with Gasteiger partial charge in [0, 0.05) is 6.42 Å². The van der Waals surface area contributed by atoms with Crippen molar-refractivity contribution in [2.75, 3.05) is 0 Å². The number of hydrogen-bond acceptors (Lipinski definition) is 5. The van der Waals surface area contributed by atoms with Crippen LogP contribution in [0, 0.1) is 11.6 Å². The van der Waals surface area contributed by atoms with Gasteiger partial charge in [-0.15, -0.1) is 0 Å². The Morgan fingerprint density at radius 3 is 2.60 bits per heavy atom. The molecule has 0 aliphatic carbocycles. The standard InChI is InChI=1S/C13H14F2N2O3/c1-2-3-11-16-12(20-17-11)7-19-13-9(14)4-8(6-18)5-10(13)15/h4-5,18H,2-3,6-7H2,1H3. The Hall–Kier alpha value is -2.02. The average Bonchev–Trinajstić information content (AvgIpc) is 2.85. The van der Waals surface area contributed by atoms with Gasteiger partial charge in [-0.3, -0.25) is 0 Å². The summed E-state index contributed by atoms with van der Waals surface area (Å²) in [6.45, 7) is 1.31. The maximum Gasteiger partial charge on any atom is 0.264 e. The Labute approximate surface area is 114 Å². The summed E-state index contributed by atoms with van der Waals surface area (Å²) >= 11 is 0. The van der Waals surface area contributed by atoms with Gasteiger partial charge >= 0.3 is 0 Å². The maximum absolute atomic E-state index is 13.6. The minimum absolute atomic E-state index is 0.135. The van der Waals surface area contributed by atoms with Crippen LogP contribution in [-0.2, 0) is 19.6 Å². The van der Waals surface area contributed by atoms with Crippen molar-refractivity contribution in [3.8, 4) is 5.75 Å². The van der Waals surface area contributed by atoms with Gasteiger partial charge in [-0.05, 0) is 24.1 Å². The molecule has 0 spiro atoms. The van der Waals surface area contributed by atoms with Gasteiger partial charge in [-0.2, -0.15) is 4.98 Å². The molecule has 0 atom stereocenters. The van der Waals surface area contributed by atoms with Crippen molar-refractivity contribution in [2.24, 2.45) is 0 Å². The lowest BCUT2D eigenvalue weighted by Crippen LogP contribution is -2.02. The molecule has 2 rings (SSSR count). The van der Waals surface area contributed by atoms with E-state index < -0.39 is 24.0 Å². The van der Waals surface area contributed by atoms with Crippen molar-refractivity contribution < 1.29 is 23.1 Å². The highest BCUT2D eigenvalue weighted by Crippen LogP contribution is 2.24. The maximum atomic E-state index is 13.6. The molecule has 0 saturated carbocycles. The number of hydrogen-bond donors (Lipinski definition) is 1. The largest absolute Gasteiger partial charge is 0.478 e. The molecular weight excluding hydrogens is 270 g/mol. The Bertz CT molecular complexity index is 564. The molecule has 108 valence electrons. The number of aromatic nitrogens is 2. The van der Waals surface area contributed by atoms with Crippen molar-refractivity contribution in [1.29, 1.82) is 0 Å². The zero-order chi connectivity index (χ0) is 14.5. The Morgan fingerprint density at radius 2 is 2.00 bits per heavy atom. The van der Waals surface area contributed by atoms with E-state index in [2.05, 4.69) is 10.1 Å². The van der Waals surface area contributed by atoms with Gasteiger partial charge in [0.1, 0.15) is 0 Å². The molecule has 0 saturated heterocycles. The van der Waals surface area contributed by atoms with Gasteiger partial charge in [0.15, 0.2) is 29.8 Å². The number of aryl methyl sites for hydroxylation is 1. The highest BCUT2D eigenvalue weighted by Gasteiger charge is 2.14. The minimum Gasteiger partial charge on any atom is -0.478 e.